The van der Waals surface area contributed by atoms with Gasteiger partial charge in [0.25, 0.3) is 0 Å². The summed E-state index contributed by atoms with van der Waals surface area (Å²) in [5.74, 6) is 1.05. The zero-order valence-corrected chi connectivity index (χ0v) is 10.6. The Morgan fingerprint density at radius 1 is 1.37 bits per heavy atom. The predicted octanol–water partition coefficient (Wildman–Crippen LogP) is 2.68. The van der Waals surface area contributed by atoms with Gasteiger partial charge >= 0.3 is 0 Å². The molecule has 0 saturated heterocycles. The largest absolute Gasteiger partial charge is 0.364 e. The molecule has 2 heterocycles. The molecule has 0 fully saturated rings. The van der Waals surface area contributed by atoms with Gasteiger partial charge in [0, 0.05) is 6.07 Å². The van der Waals surface area contributed by atoms with Crippen LogP contribution in [-0.2, 0) is 12.4 Å². The summed E-state index contributed by atoms with van der Waals surface area (Å²) in [6.07, 6.45) is 1.52. The van der Waals surface area contributed by atoms with Gasteiger partial charge < -0.3 is 9.09 Å². The van der Waals surface area contributed by atoms with Gasteiger partial charge in [0.2, 0.25) is 0 Å². The Hall–Kier alpha value is -2.32. The number of alkyl halides is 1. The molecule has 0 spiro atoms. The van der Waals surface area contributed by atoms with Crippen molar-refractivity contribution in [3.8, 4) is 6.07 Å². The van der Waals surface area contributed by atoms with Crippen molar-refractivity contribution in [1.29, 1.82) is 5.26 Å². The highest BCUT2D eigenvalue weighted by Gasteiger charge is 2.12. The molecule has 1 aromatic carbocycles. The van der Waals surface area contributed by atoms with E-state index in [1.807, 2.05) is 10.6 Å². The van der Waals surface area contributed by atoms with Gasteiger partial charge in [-0.2, -0.15) is 5.26 Å². The topological polar surface area (TPSA) is 67.6 Å². The van der Waals surface area contributed by atoms with Crippen molar-refractivity contribution < 1.29 is 4.52 Å². The van der Waals surface area contributed by atoms with E-state index in [2.05, 4.69) is 16.2 Å². The van der Waals surface area contributed by atoms with Gasteiger partial charge in [-0.05, 0) is 18.2 Å². The molecule has 0 N–H and O–H groups in total. The molecule has 94 valence electrons. The fraction of sp³-hybridized carbons (Fsp3) is 0.154. The Labute approximate surface area is 114 Å². The number of hydrogen-bond donors (Lipinski definition) is 0. The second-order valence-corrected chi connectivity index (χ2v) is 4.32. The van der Waals surface area contributed by atoms with Crippen LogP contribution in [0.2, 0.25) is 0 Å². The highest BCUT2D eigenvalue weighted by atomic mass is 35.5. The molecular weight excluding hydrogens is 264 g/mol. The average Bonchev–Trinajstić information content (AvgIpc) is 3.07. The predicted molar refractivity (Wildman–Crippen MR) is 69.6 cm³/mol. The Bertz CT molecular complexity index is 755. The lowest BCUT2D eigenvalue weighted by molar-refractivity contribution is 0.409. The number of nitriles is 1. The third-order valence-corrected chi connectivity index (χ3v) is 3.13. The summed E-state index contributed by atoms with van der Waals surface area (Å²) in [6.45, 7) is 0.518. The second kappa shape index (κ2) is 4.75. The maximum absolute atomic E-state index is 8.98. The number of rotatable bonds is 3. The molecule has 0 atom stereocenters. The average molecular weight is 273 g/mol. The third kappa shape index (κ3) is 2.07. The van der Waals surface area contributed by atoms with Crippen LogP contribution in [0.5, 0.6) is 0 Å². The number of imidazole rings is 1. The number of hydrogen-bond acceptors (Lipinski definition) is 4. The van der Waals surface area contributed by atoms with E-state index in [4.69, 9.17) is 21.4 Å². The molecule has 2 aromatic heterocycles. The molecule has 0 radical (unpaired) electrons. The summed E-state index contributed by atoms with van der Waals surface area (Å²) < 4.78 is 6.77. The van der Waals surface area contributed by atoms with Gasteiger partial charge in [-0.25, -0.2) is 4.98 Å². The summed E-state index contributed by atoms with van der Waals surface area (Å²) in [5.41, 5.74) is 3.07. The lowest BCUT2D eigenvalue weighted by Gasteiger charge is -2.04. The minimum atomic E-state index is 0.300. The van der Waals surface area contributed by atoms with Crippen LogP contribution in [0.3, 0.4) is 0 Å². The Kier molecular flexibility index (Phi) is 2.94. The summed E-state index contributed by atoms with van der Waals surface area (Å²) in [7, 11) is 0. The molecule has 0 aliphatic heterocycles. The Balaban J connectivity index is 2.16. The van der Waals surface area contributed by atoms with E-state index in [1.165, 1.54) is 6.26 Å². The van der Waals surface area contributed by atoms with Gasteiger partial charge in [0.15, 0.2) is 0 Å². The lowest BCUT2D eigenvalue weighted by Crippen LogP contribution is -2.04. The van der Waals surface area contributed by atoms with Crippen LogP contribution in [0.15, 0.2) is 35.1 Å². The van der Waals surface area contributed by atoms with Crippen molar-refractivity contribution in [2.45, 2.75) is 12.4 Å². The van der Waals surface area contributed by atoms with Crippen LogP contribution in [0.25, 0.3) is 11.0 Å². The first-order chi connectivity index (χ1) is 9.31. The van der Waals surface area contributed by atoms with Crippen molar-refractivity contribution in [3.63, 3.8) is 0 Å². The van der Waals surface area contributed by atoms with Gasteiger partial charge in [0.1, 0.15) is 17.8 Å². The van der Waals surface area contributed by atoms with Crippen molar-refractivity contribution in [1.82, 2.24) is 14.7 Å². The van der Waals surface area contributed by atoms with Crippen LogP contribution in [0.4, 0.5) is 0 Å². The van der Waals surface area contributed by atoms with Crippen LogP contribution in [-0.4, -0.2) is 14.7 Å². The van der Waals surface area contributed by atoms with Gasteiger partial charge in [0.05, 0.1) is 35.1 Å². The SMILES string of the molecule is N#Cc1ccc2nc(CCl)n(Cc3ccon3)c2c1. The van der Waals surface area contributed by atoms with Crippen LogP contribution >= 0.6 is 11.6 Å². The van der Waals surface area contributed by atoms with E-state index in [0.717, 1.165) is 22.6 Å². The molecule has 0 unspecified atom stereocenters. The molecule has 0 saturated carbocycles. The molecule has 5 nitrogen and oxygen atoms in total. The van der Waals surface area contributed by atoms with Crippen molar-refractivity contribution in [2.24, 2.45) is 0 Å². The molecule has 3 aromatic rings. The third-order valence-electron chi connectivity index (χ3n) is 2.89. The van der Waals surface area contributed by atoms with E-state index in [1.54, 1.807) is 18.2 Å². The summed E-state index contributed by atoms with van der Waals surface area (Å²) in [5, 5.41) is 12.9. The summed E-state index contributed by atoms with van der Waals surface area (Å²) in [6, 6.07) is 9.28. The fourth-order valence-electron chi connectivity index (χ4n) is 2.00. The van der Waals surface area contributed by atoms with E-state index < -0.39 is 0 Å². The maximum Gasteiger partial charge on any atom is 0.125 e. The van der Waals surface area contributed by atoms with Gasteiger partial charge in [-0.1, -0.05) is 5.16 Å². The number of halogens is 1. The molecule has 0 bridgehead atoms. The summed E-state index contributed by atoms with van der Waals surface area (Å²) in [4.78, 5) is 4.45. The van der Waals surface area contributed by atoms with Crippen molar-refractivity contribution in [3.05, 3.63) is 47.6 Å². The molecule has 0 aliphatic rings. The lowest BCUT2D eigenvalue weighted by atomic mass is 10.2. The molecular formula is C13H9ClN4O. The highest BCUT2D eigenvalue weighted by molar-refractivity contribution is 6.16. The molecule has 0 aliphatic carbocycles. The van der Waals surface area contributed by atoms with Gasteiger partial charge in [-0.15, -0.1) is 11.6 Å². The first-order valence-electron chi connectivity index (χ1n) is 5.66. The monoisotopic (exact) mass is 272 g/mol. The van der Waals surface area contributed by atoms with Crippen molar-refractivity contribution >= 4 is 22.6 Å². The second-order valence-electron chi connectivity index (χ2n) is 4.05. The van der Waals surface area contributed by atoms with E-state index in [-0.39, 0.29) is 0 Å². The van der Waals surface area contributed by atoms with Crippen LogP contribution in [0.1, 0.15) is 17.1 Å². The normalized spacial score (nSPS) is 10.7. The zero-order chi connectivity index (χ0) is 13.2. The standard InChI is InChI=1S/C13H9ClN4O/c14-6-13-16-11-2-1-9(7-15)5-12(11)18(13)8-10-3-4-19-17-10/h1-5H,6,8H2. The van der Waals surface area contributed by atoms with Crippen molar-refractivity contribution in [2.75, 3.05) is 0 Å². The fourth-order valence-corrected chi connectivity index (χ4v) is 2.21. The van der Waals surface area contributed by atoms with Crippen LogP contribution in [0, 0.1) is 11.3 Å². The van der Waals surface area contributed by atoms with E-state index in [0.29, 0.717) is 18.0 Å². The molecule has 0 amide bonds. The number of fused-ring (bicyclic) bond motifs is 1. The quantitative estimate of drug-likeness (QED) is 0.688. The molecule has 6 heteroatoms. The molecule has 19 heavy (non-hydrogen) atoms. The number of benzene rings is 1. The minimum Gasteiger partial charge on any atom is -0.364 e. The highest BCUT2D eigenvalue weighted by Crippen LogP contribution is 2.20. The Morgan fingerprint density at radius 2 is 2.26 bits per heavy atom. The van der Waals surface area contributed by atoms with E-state index in [9.17, 15) is 0 Å². The van der Waals surface area contributed by atoms with E-state index >= 15 is 0 Å². The Morgan fingerprint density at radius 3 is 2.95 bits per heavy atom. The van der Waals surface area contributed by atoms with Gasteiger partial charge in [-0.3, -0.25) is 0 Å². The number of nitrogens with zero attached hydrogens (tertiary/aromatic N) is 4. The summed E-state index contributed by atoms with van der Waals surface area (Å²) >= 11 is 5.93. The smallest absolute Gasteiger partial charge is 0.125 e. The first kappa shape index (κ1) is 11.8. The minimum absolute atomic E-state index is 0.300. The number of aromatic nitrogens is 3. The molecule has 3 rings (SSSR count). The van der Waals surface area contributed by atoms with Crippen LogP contribution < -0.4 is 0 Å². The maximum atomic E-state index is 8.98. The zero-order valence-electron chi connectivity index (χ0n) is 9.88. The first-order valence-corrected chi connectivity index (χ1v) is 6.20.